The molecule has 0 aliphatic heterocycles. The van der Waals surface area contributed by atoms with Gasteiger partial charge >= 0.3 is 0 Å². The molecular formula is C13H22N2O3S. The van der Waals surface area contributed by atoms with Gasteiger partial charge in [0.15, 0.2) is 0 Å². The molecule has 2 rings (SSSR count). The van der Waals surface area contributed by atoms with Gasteiger partial charge in [0, 0.05) is 6.54 Å². The second-order valence-electron chi connectivity index (χ2n) is 4.98. The van der Waals surface area contributed by atoms with E-state index >= 15 is 0 Å². The second-order valence-corrected chi connectivity index (χ2v) is 6.68. The molecule has 2 N–H and O–H groups in total. The Hall–Kier alpha value is -0.850. The predicted octanol–water partition coefficient (Wildman–Crippen LogP) is 1.86. The van der Waals surface area contributed by atoms with Crippen LogP contribution in [0.2, 0.25) is 0 Å². The summed E-state index contributed by atoms with van der Waals surface area (Å²) in [4.78, 5) is 0. The van der Waals surface area contributed by atoms with Crippen LogP contribution in [0, 0.1) is 5.92 Å². The van der Waals surface area contributed by atoms with Gasteiger partial charge in [0.05, 0.1) is 6.54 Å². The molecule has 1 aromatic heterocycles. The van der Waals surface area contributed by atoms with Gasteiger partial charge in [0.25, 0.3) is 10.0 Å². The minimum absolute atomic E-state index is 0.00632. The fourth-order valence-corrected chi connectivity index (χ4v) is 2.94. The summed E-state index contributed by atoms with van der Waals surface area (Å²) in [6.45, 7) is 3.85. The molecule has 108 valence electrons. The molecule has 1 saturated carbocycles. The van der Waals surface area contributed by atoms with Crippen LogP contribution in [0.3, 0.4) is 0 Å². The maximum absolute atomic E-state index is 12.0. The maximum Gasteiger partial charge on any atom is 0.273 e. The SMILES string of the molecule is CCNCc1ccc(S(=O)(=O)NCCCC2CC2)o1. The van der Waals surface area contributed by atoms with E-state index in [0.29, 0.717) is 18.8 Å². The third kappa shape index (κ3) is 4.63. The van der Waals surface area contributed by atoms with Gasteiger partial charge in [-0.2, -0.15) is 0 Å². The highest BCUT2D eigenvalue weighted by Crippen LogP contribution is 2.33. The third-order valence-corrected chi connectivity index (χ3v) is 4.56. The Morgan fingerprint density at radius 2 is 2.16 bits per heavy atom. The molecule has 6 heteroatoms. The Labute approximate surface area is 114 Å². The number of furan rings is 1. The zero-order chi connectivity index (χ0) is 13.7. The van der Waals surface area contributed by atoms with Crippen LogP contribution in [0.4, 0.5) is 0 Å². The average Bonchev–Trinajstić information content (AvgIpc) is 3.08. The second kappa shape index (κ2) is 6.54. The first-order chi connectivity index (χ1) is 9.12. The van der Waals surface area contributed by atoms with Crippen LogP contribution in [0.5, 0.6) is 0 Å². The topological polar surface area (TPSA) is 71.3 Å². The molecule has 0 atom stereocenters. The summed E-state index contributed by atoms with van der Waals surface area (Å²) in [5.41, 5.74) is 0. The standard InChI is InChI=1S/C13H22N2O3S/c1-2-14-10-12-7-8-13(18-12)19(16,17)15-9-3-4-11-5-6-11/h7-8,11,14-15H,2-6,9-10H2,1H3. The number of hydrogen-bond donors (Lipinski definition) is 2. The first-order valence-corrected chi connectivity index (χ1v) is 8.39. The van der Waals surface area contributed by atoms with Crippen LogP contribution in [0.25, 0.3) is 0 Å². The molecule has 1 aliphatic carbocycles. The van der Waals surface area contributed by atoms with Crippen molar-refractivity contribution in [3.8, 4) is 0 Å². The van der Waals surface area contributed by atoms with Crippen LogP contribution in [0.1, 0.15) is 38.4 Å². The van der Waals surface area contributed by atoms with Gasteiger partial charge in [-0.05, 0) is 37.4 Å². The van der Waals surface area contributed by atoms with E-state index in [1.54, 1.807) is 6.07 Å². The summed E-state index contributed by atoms with van der Waals surface area (Å²) in [6, 6.07) is 3.21. The molecule has 0 saturated heterocycles. The van der Waals surface area contributed by atoms with Crippen molar-refractivity contribution in [3.63, 3.8) is 0 Å². The highest BCUT2D eigenvalue weighted by atomic mass is 32.2. The van der Waals surface area contributed by atoms with Crippen LogP contribution in [-0.2, 0) is 16.6 Å². The van der Waals surface area contributed by atoms with Gasteiger partial charge in [-0.15, -0.1) is 0 Å². The molecular weight excluding hydrogens is 264 g/mol. The highest BCUT2D eigenvalue weighted by molar-refractivity contribution is 7.89. The van der Waals surface area contributed by atoms with Crippen molar-refractivity contribution in [2.45, 2.75) is 44.2 Å². The lowest BCUT2D eigenvalue weighted by atomic mass is 10.2. The number of sulfonamides is 1. The van der Waals surface area contributed by atoms with Crippen LogP contribution in [0.15, 0.2) is 21.6 Å². The van der Waals surface area contributed by atoms with Gasteiger partial charge in [0.1, 0.15) is 5.76 Å². The molecule has 1 fully saturated rings. The first kappa shape index (κ1) is 14.6. The van der Waals surface area contributed by atoms with E-state index in [4.69, 9.17) is 4.42 Å². The molecule has 5 nitrogen and oxygen atoms in total. The Balaban J connectivity index is 1.81. The lowest BCUT2D eigenvalue weighted by molar-refractivity contribution is 0.401. The van der Waals surface area contributed by atoms with Crippen LogP contribution >= 0.6 is 0 Å². The lowest BCUT2D eigenvalue weighted by Gasteiger charge is -2.03. The van der Waals surface area contributed by atoms with E-state index in [9.17, 15) is 8.42 Å². The number of rotatable bonds is 9. The maximum atomic E-state index is 12.0. The van der Waals surface area contributed by atoms with Crippen LogP contribution in [-0.4, -0.2) is 21.5 Å². The molecule has 0 aromatic carbocycles. The van der Waals surface area contributed by atoms with Crippen molar-refractivity contribution in [1.29, 1.82) is 0 Å². The fraction of sp³-hybridized carbons (Fsp3) is 0.692. The molecule has 19 heavy (non-hydrogen) atoms. The normalized spacial score (nSPS) is 15.8. The quantitative estimate of drug-likeness (QED) is 0.680. The molecule has 0 radical (unpaired) electrons. The average molecular weight is 286 g/mol. The number of hydrogen-bond acceptors (Lipinski definition) is 4. The van der Waals surface area contributed by atoms with Gasteiger partial charge in [-0.3, -0.25) is 0 Å². The Bertz CT molecular complexity index is 492. The van der Waals surface area contributed by atoms with E-state index in [2.05, 4.69) is 10.0 Å². The zero-order valence-corrected chi connectivity index (χ0v) is 12.1. The highest BCUT2D eigenvalue weighted by Gasteiger charge is 2.21. The van der Waals surface area contributed by atoms with E-state index in [1.165, 1.54) is 18.9 Å². The molecule has 0 amide bonds. The third-order valence-electron chi connectivity index (χ3n) is 3.23. The minimum atomic E-state index is -3.49. The van der Waals surface area contributed by atoms with E-state index < -0.39 is 10.0 Å². The molecule has 0 bridgehead atoms. The van der Waals surface area contributed by atoms with E-state index in [0.717, 1.165) is 25.3 Å². The van der Waals surface area contributed by atoms with Crippen LogP contribution < -0.4 is 10.0 Å². The van der Waals surface area contributed by atoms with Gasteiger partial charge in [-0.25, -0.2) is 13.1 Å². The van der Waals surface area contributed by atoms with Crippen molar-refractivity contribution >= 4 is 10.0 Å². The Morgan fingerprint density at radius 1 is 1.37 bits per heavy atom. The van der Waals surface area contributed by atoms with Crippen molar-refractivity contribution in [2.75, 3.05) is 13.1 Å². The monoisotopic (exact) mass is 286 g/mol. The van der Waals surface area contributed by atoms with Gasteiger partial charge in [-0.1, -0.05) is 19.8 Å². The summed E-state index contributed by atoms with van der Waals surface area (Å²) in [7, 11) is -3.49. The molecule has 0 spiro atoms. The largest absolute Gasteiger partial charge is 0.447 e. The summed E-state index contributed by atoms with van der Waals surface area (Å²) in [5, 5.41) is 3.10. The van der Waals surface area contributed by atoms with Crippen molar-refractivity contribution in [3.05, 3.63) is 17.9 Å². The molecule has 1 aliphatic rings. The van der Waals surface area contributed by atoms with Crippen molar-refractivity contribution in [2.24, 2.45) is 5.92 Å². The predicted molar refractivity (Wildman–Crippen MR) is 73.2 cm³/mol. The lowest BCUT2D eigenvalue weighted by Crippen LogP contribution is -2.24. The van der Waals surface area contributed by atoms with Gasteiger partial charge < -0.3 is 9.73 Å². The summed E-state index contributed by atoms with van der Waals surface area (Å²) in [5.74, 6) is 1.47. The summed E-state index contributed by atoms with van der Waals surface area (Å²) in [6.07, 6.45) is 4.62. The van der Waals surface area contributed by atoms with Crippen molar-refractivity contribution in [1.82, 2.24) is 10.0 Å². The Morgan fingerprint density at radius 3 is 2.84 bits per heavy atom. The van der Waals surface area contributed by atoms with E-state index in [-0.39, 0.29) is 5.09 Å². The van der Waals surface area contributed by atoms with Crippen molar-refractivity contribution < 1.29 is 12.8 Å². The molecule has 1 heterocycles. The zero-order valence-electron chi connectivity index (χ0n) is 11.3. The summed E-state index contributed by atoms with van der Waals surface area (Å²) < 4.78 is 31.8. The first-order valence-electron chi connectivity index (χ1n) is 6.91. The molecule has 0 unspecified atom stereocenters. The smallest absolute Gasteiger partial charge is 0.273 e. The number of nitrogens with one attached hydrogen (secondary N) is 2. The summed E-state index contributed by atoms with van der Waals surface area (Å²) >= 11 is 0. The minimum Gasteiger partial charge on any atom is -0.447 e. The Kier molecular flexibility index (Phi) is 5.01. The molecule has 1 aromatic rings. The van der Waals surface area contributed by atoms with Gasteiger partial charge in [0.2, 0.25) is 5.09 Å². The van der Waals surface area contributed by atoms with E-state index in [1.807, 2.05) is 6.92 Å². The fourth-order valence-electron chi connectivity index (χ4n) is 1.92.